The summed E-state index contributed by atoms with van der Waals surface area (Å²) in [5.74, 6) is -2.47. The third-order valence-corrected chi connectivity index (χ3v) is 3.40. The fourth-order valence-electron chi connectivity index (χ4n) is 2.13. The number of aromatic hydroxyl groups is 2. The molecule has 0 unspecified atom stereocenters. The average Bonchev–Trinajstić information content (AvgIpc) is 2.51. The second-order valence-electron chi connectivity index (χ2n) is 5.22. The Morgan fingerprint density at radius 1 is 1.04 bits per heavy atom. The van der Waals surface area contributed by atoms with E-state index in [1.54, 1.807) is 0 Å². The van der Waals surface area contributed by atoms with Crippen LogP contribution >= 0.6 is 0 Å². The number of hydrogen-bond donors (Lipinski definition) is 4. The van der Waals surface area contributed by atoms with Crippen molar-refractivity contribution in [2.75, 3.05) is 13.2 Å². The Kier molecular flexibility index (Phi) is 5.78. The molecule has 2 atom stereocenters. The molecule has 2 rings (SSSR count). The quantitative estimate of drug-likeness (QED) is 0.496. The average molecular weight is 338 g/mol. The van der Waals surface area contributed by atoms with Crippen LogP contribution in [0.3, 0.4) is 0 Å². The monoisotopic (exact) mass is 338 g/mol. The van der Waals surface area contributed by atoms with Gasteiger partial charge in [-0.1, -0.05) is 6.08 Å². The molecule has 1 aliphatic rings. The molecule has 1 aliphatic heterocycles. The molecular weight excluding hydrogens is 320 g/mol. The number of carbonyl (C=O) groups is 2. The molecule has 0 saturated carbocycles. The van der Waals surface area contributed by atoms with Gasteiger partial charge in [0.25, 0.3) is 0 Å². The van der Waals surface area contributed by atoms with Crippen molar-refractivity contribution in [1.29, 1.82) is 0 Å². The summed E-state index contributed by atoms with van der Waals surface area (Å²) in [6.07, 6.45) is -0.330. The highest BCUT2D eigenvalue weighted by atomic mass is 16.5. The first-order chi connectivity index (χ1) is 11.4. The highest BCUT2D eigenvalue weighted by Crippen LogP contribution is 2.33. The minimum Gasteiger partial charge on any atom is -0.508 e. The van der Waals surface area contributed by atoms with Gasteiger partial charge < -0.3 is 29.9 Å². The van der Waals surface area contributed by atoms with E-state index in [0.717, 1.165) is 18.2 Å². The second-order valence-corrected chi connectivity index (χ2v) is 5.22. The van der Waals surface area contributed by atoms with E-state index in [9.17, 15) is 30.0 Å². The lowest BCUT2D eigenvalue weighted by Crippen LogP contribution is -2.34. The maximum Gasteiger partial charge on any atom is 0.345 e. The van der Waals surface area contributed by atoms with Crippen molar-refractivity contribution in [3.05, 3.63) is 29.8 Å². The number of aliphatic hydroxyl groups is 2. The van der Waals surface area contributed by atoms with Crippen LogP contribution in [0.4, 0.5) is 0 Å². The minimum absolute atomic E-state index is 0.0684. The van der Waals surface area contributed by atoms with E-state index >= 15 is 0 Å². The summed E-state index contributed by atoms with van der Waals surface area (Å²) in [5, 5.41) is 38.9. The summed E-state index contributed by atoms with van der Waals surface area (Å²) in [6.45, 7) is -0.237. The third kappa shape index (κ3) is 4.24. The summed E-state index contributed by atoms with van der Waals surface area (Å²) in [7, 11) is 0. The molecule has 0 aliphatic carbocycles. The summed E-state index contributed by atoms with van der Waals surface area (Å²) in [4.78, 5) is 23.7. The zero-order valence-electron chi connectivity index (χ0n) is 12.7. The van der Waals surface area contributed by atoms with Gasteiger partial charge in [0.15, 0.2) is 5.78 Å². The van der Waals surface area contributed by atoms with Crippen LogP contribution in [0.5, 0.6) is 17.2 Å². The van der Waals surface area contributed by atoms with Crippen LogP contribution in [-0.2, 0) is 9.53 Å². The van der Waals surface area contributed by atoms with Crippen molar-refractivity contribution in [3.8, 4) is 17.2 Å². The lowest BCUT2D eigenvalue weighted by Gasteiger charge is -2.17. The minimum atomic E-state index is -1.59. The van der Waals surface area contributed by atoms with Gasteiger partial charge in [-0.05, 0) is 12.5 Å². The first-order valence-corrected chi connectivity index (χ1v) is 7.32. The summed E-state index contributed by atoms with van der Waals surface area (Å²) in [5.41, 5.74) is -0.250. The van der Waals surface area contributed by atoms with E-state index < -0.39 is 29.7 Å². The van der Waals surface area contributed by atoms with E-state index in [1.165, 1.54) is 6.08 Å². The lowest BCUT2D eigenvalue weighted by molar-refractivity contribution is -0.128. The van der Waals surface area contributed by atoms with Gasteiger partial charge in [-0.15, -0.1) is 0 Å². The Balaban J connectivity index is 2.28. The molecule has 24 heavy (non-hydrogen) atoms. The van der Waals surface area contributed by atoms with E-state index in [1.807, 2.05) is 0 Å². The molecule has 4 N–H and O–H groups in total. The number of rotatable bonds is 0. The lowest BCUT2D eigenvalue weighted by atomic mass is 10.1. The Bertz CT molecular complexity index is 652. The summed E-state index contributed by atoms with van der Waals surface area (Å²) < 4.78 is 10.3. The predicted octanol–water partition coefficient (Wildman–Crippen LogP) is 0.274. The third-order valence-electron chi connectivity index (χ3n) is 3.40. The number of cyclic esters (lactones) is 1. The standard InChI is InChI=1S/C16H18O8/c17-9-7-12(20)14-13(8-9)23-6-4-11(19)15(21)10(18)3-1-2-5-24-16(14)22/h1,3,7-8,11,15,17,19-21H,2,4-6H2/b3-1-/t11-,15+/m0/s1. The van der Waals surface area contributed by atoms with Gasteiger partial charge in [0.2, 0.25) is 0 Å². The summed E-state index contributed by atoms with van der Waals surface area (Å²) in [6, 6.07) is 2.10. The molecular formula is C16H18O8. The van der Waals surface area contributed by atoms with Crippen LogP contribution < -0.4 is 4.74 Å². The largest absolute Gasteiger partial charge is 0.508 e. The molecule has 0 radical (unpaired) electrons. The van der Waals surface area contributed by atoms with E-state index in [-0.39, 0.29) is 43.1 Å². The molecule has 0 spiro atoms. The van der Waals surface area contributed by atoms with E-state index in [4.69, 9.17) is 9.47 Å². The van der Waals surface area contributed by atoms with Crippen LogP contribution in [0.1, 0.15) is 23.2 Å². The maximum atomic E-state index is 12.1. The fourth-order valence-corrected chi connectivity index (χ4v) is 2.13. The number of phenols is 2. The molecule has 0 aromatic heterocycles. The van der Waals surface area contributed by atoms with Crippen molar-refractivity contribution in [1.82, 2.24) is 0 Å². The van der Waals surface area contributed by atoms with Gasteiger partial charge >= 0.3 is 5.97 Å². The van der Waals surface area contributed by atoms with Gasteiger partial charge in [0.05, 0.1) is 19.3 Å². The van der Waals surface area contributed by atoms with Crippen LogP contribution in [0.15, 0.2) is 24.3 Å². The number of hydrogen-bond acceptors (Lipinski definition) is 8. The highest BCUT2D eigenvalue weighted by molar-refractivity contribution is 5.96. The molecule has 130 valence electrons. The first-order valence-electron chi connectivity index (χ1n) is 7.32. The Hall–Kier alpha value is -2.58. The molecule has 8 nitrogen and oxygen atoms in total. The van der Waals surface area contributed by atoms with Crippen molar-refractivity contribution < 1.29 is 39.5 Å². The SMILES string of the molecule is O=C1OCC/C=C\C(=O)[C@@H](O)[C@@H](O)CCOc2cc(O)cc(O)c21. The number of ketones is 1. The number of phenolic OH excluding ortho intramolecular Hbond substituents is 2. The van der Waals surface area contributed by atoms with Crippen LogP contribution in [0, 0.1) is 0 Å². The van der Waals surface area contributed by atoms with E-state index in [2.05, 4.69) is 0 Å². The molecule has 0 amide bonds. The maximum absolute atomic E-state index is 12.1. The zero-order chi connectivity index (χ0) is 17.7. The van der Waals surface area contributed by atoms with Gasteiger partial charge in [-0.3, -0.25) is 4.79 Å². The number of fused-ring (bicyclic) bond motifs is 1. The van der Waals surface area contributed by atoms with Gasteiger partial charge in [0.1, 0.15) is 28.9 Å². The molecule has 0 bridgehead atoms. The van der Waals surface area contributed by atoms with Crippen molar-refractivity contribution in [2.24, 2.45) is 0 Å². The topological polar surface area (TPSA) is 134 Å². The van der Waals surface area contributed by atoms with Crippen LogP contribution in [0.25, 0.3) is 0 Å². The zero-order valence-corrected chi connectivity index (χ0v) is 12.7. The van der Waals surface area contributed by atoms with Gasteiger partial charge in [-0.25, -0.2) is 4.79 Å². The van der Waals surface area contributed by atoms with Crippen molar-refractivity contribution in [3.63, 3.8) is 0 Å². The molecule has 1 aromatic rings. The Labute approximate surface area is 137 Å². The fraction of sp³-hybridized carbons (Fsp3) is 0.375. The van der Waals surface area contributed by atoms with Gasteiger partial charge in [0, 0.05) is 18.6 Å². The second kappa shape index (κ2) is 7.80. The van der Waals surface area contributed by atoms with E-state index in [0.29, 0.717) is 0 Å². The number of benzene rings is 1. The molecule has 0 fully saturated rings. The summed E-state index contributed by atoms with van der Waals surface area (Å²) >= 11 is 0. The smallest absolute Gasteiger partial charge is 0.345 e. The van der Waals surface area contributed by atoms with Crippen molar-refractivity contribution >= 4 is 11.8 Å². The molecule has 1 aromatic carbocycles. The van der Waals surface area contributed by atoms with Gasteiger partial charge in [-0.2, -0.15) is 0 Å². The Morgan fingerprint density at radius 2 is 1.79 bits per heavy atom. The normalized spacial score (nSPS) is 24.2. The number of aliphatic hydroxyl groups excluding tert-OH is 2. The van der Waals surface area contributed by atoms with Crippen LogP contribution in [-0.4, -0.2) is 57.6 Å². The highest BCUT2D eigenvalue weighted by Gasteiger charge is 2.24. The number of ether oxygens (including phenoxy) is 2. The number of carbonyl (C=O) groups excluding carboxylic acids is 2. The molecule has 8 heteroatoms. The predicted molar refractivity (Wildman–Crippen MR) is 80.9 cm³/mol. The molecule has 1 heterocycles. The van der Waals surface area contributed by atoms with Crippen molar-refractivity contribution in [2.45, 2.75) is 25.0 Å². The first kappa shape index (κ1) is 17.8. The number of esters is 1. The Morgan fingerprint density at radius 3 is 2.54 bits per heavy atom. The molecule has 0 saturated heterocycles. The van der Waals surface area contributed by atoms with Crippen LogP contribution in [0.2, 0.25) is 0 Å².